The van der Waals surface area contributed by atoms with Crippen molar-refractivity contribution in [1.82, 2.24) is 0 Å². The molecule has 0 saturated heterocycles. The van der Waals surface area contributed by atoms with Crippen molar-refractivity contribution < 1.29 is 14.6 Å². The van der Waals surface area contributed by atoms with Crippen LogP contribution in [0.3, 0.4) is 0 Å². The molecule has 0 heterocycles. The zero-order valence-corrected chi connectivity index (χ0v) is 19.3. The molecule has 1 rings (SSSR count). The third kappa shape index (κ3) is 7.14. The quantitative estimate of drug-likeness (QED) is 0.324. The summed E-state index contributed by atoms with van der Waals surface area (Å²) in [4.78, 5) is 12.6. The summed E-state index contributed by atoms with van der Waals surface area (Å²) in [6, 6.07) is 1.99. The Hall–Kier alpha value is -1.51. The number of benzene rings is 1. The van der Waals surface area contributed by atoms with Gasteiger partial charge in [0.25, 0.3) is 0 Å². The van der Waals surface area contributed by atoms with Crippen LogP contribution in [0.1, 0.15) is 114 Å². The van der Waals surface area contributed by atoms with Crippen LogP contribution in [0.2, 0.25) is 0 Å². The maximum atomic E-state index is 12.6. The van der Waals surface area contributed by atoms with Gasteiger partial charge >= 0.3 is 5.97 Å². The number of esters is 1. The van der Waals surface area contributed by atoms with Crippen molar-refractivity contribution in [1.29, 1.82) is 0 Å². The zero-order chi connectivity index (χ0) is 21.3. The van der Waals surface area contributed by atoms with Gasteiger partial charge in [0.05, 0.1) is 12.5 Å². The monoisotopic (exact) mass is 390 g/mol. The second-order valence-corrected chi connectivity index (χ2v) is 9.23. The van der Waals surface area contributed by atoms with Crippen molar-refractivity contribution in [2.75, 3.05) is 6.61 Å². The van der Waals surface area contributed by atoms with E-state index in [4.69, 9.17) is 4.74 Å². The number of rotatable bonds is 11. The Labute approximate surface area is 172 Å². The smallest absolute Gasteiger partial charge is 0.313 e. The highest BCUT2D eigenvalue weighted by Gasteiger charge is 2.26. The number of ether oxygens (including phenoxy) is 1. The fraction of sp³-hybridized carbons (Fsp3) is 0.720. The summed E-state index contributed by atoms with van der Waals surface area (Å²) >= 11 is 0. The van der Waals surface area contributed by atoms with Gasteiger partial charge in [-0.15, -0.1) is 0 Å². The number of phenolic OH excluding ortho intramolecular Hbond substituents is 1. The standard InChI is InChI=1S/C25H42O3/c1-8-9-10-11-12-13-14-15-16-28-24(27)20(4)21-17-22(25(5,6)7)23(26)19(3)18(21)2/h17,20,26H,8-16H2,1-7H3. The predicted octanol–water partition coefficient (Wildman–Crippen LogP) is 7.09. The topological polar surface area (TPSA) is 46.5 Å². The van der Waals surface area contributed by atoms with E-state index in [0.717, 1.165) is 35.1 Å². The number of carbonyl (C=O) groups excluding carboxylic acids is 1. The number of hydrogen-bond donors (Lipinski definition) is 1. The van der Waals surface area contributed by atoms with Crippen LogP contribution >= 0.6 is 0 Å². The molecular formula is C25H42O3. The van der Waals surface area contributed by atoms with Crippen molar-refractivity contribution in [3.63, 3.8) is 0 Å². The molecular weight excluding hydrogens is 348 g/mol. The fourth-order valence-electron chi connectivity index (χ4n) is 3.61. The Kier molecular flexibility index (Phi) is 10.1. The molecule has 0 fully saturated rings. The normalized spacial score (nSPS) is 12.8. The van der Waals surface area contributed by atoms with Gasteiger partial charge in [0.2, 0.25) is 0 Å². The minimum atomic E-state index is -0.325. The van der Waals surface area contributed by atoms with Gasteiger partial charge in [-0.25, -0.2) is 0 Å². The average molecular weight is 391 g/mol. The van der Waals surface area contributed by atoms with Crippen LogP contribution in [-0.4, -0.2) is 17.7 Å². The zero-order valence-electron chi connectivity index (χ0n) is 19.3. The molecule has 3 nitrogen and oxygen atoms in total. The SMILES string of the molecule is CCCCCCCCCCOC(=O)C(C)c1cc(C(C)(C)C)c(O)c(C)c1C. The summed E-state index contributed by atoms with van der Waals surface area (Å²) in [5, 5.41) is 10.5. The Morgan fingerprint density at radius 2 is 1.54 bits per heavy atom. The minimum absolute atomic E-state index is 0.170. The van der Waals surface area contributed by atoms with E-state index in [0.29, 0.717) is 12.4 Å². The van der Waals surface area contributed by atoms with Crippen molar-refractivity contribution in [3.8, 4) is 5.75 Å². The molecule has 28 heavy (non-hydrogen) atoms. The van der Waals surface area contributed by atoms with Crippen molar-refractivity contribution in [2.24, 2.45) is 0 Å². The maximum Gasteiger partial charge on any atom is 0.313 e. The lowest BCUT2D eigenvalue weighted by atomic mass is 9.80. The van der Waals surface area contributed by atoms with Crippen molar-refractivity contribution in [2.45, 2.75) is 111 Å². The van der Waals surface area contributed by atoms with Gasteiger partial charge < -0.3 is 9.84 Å². The molecule has 0 aliphatic carbocycles. The molecule has 1 atom stereocenters. The highest BCUT2D eigenvalue weighted by molar-refractivity contribution is 5.79. The van der Waals surface area contributed by atoms with Gasteiger partial charge in [-0.3, -0.25) is 4.79 Å². The number of carbonyl (C=O) groups is 1. The molecule has 1 aromatic carbocycles. The summed E-state index contributed by atoms with van der Waals surface area (Å²) in [5.74, 6) is -0.154. The molecule has 0 radical (unpaired) electrons. The van der Waals surface area contributed by atoms with Gasteiger partial charge in [0.1, 0.15) is 5.75 Å². The minimum Gasteiger partial charge on any atom is -0.507 e. The molecule has 0 aliphatic rings. The van der Waals surface area contributed by atoms with Crippen LogP contribution in [0.5, 0.6) is 5.75 Å². The van der Waals surface area contributed by atoms with Crippen LogP contribution < -0.4 is 0 Å². The Balaban J connectivity index is 2.58. The molecule has 1 N–H and O–H groups in total. The first-order chi connectivity index (χ1) is 13.1. The van der Waals surface area contributed by atoms with Gasteiger partial charge in [-0.2, -0.15) is 0 Å². The number of aromatic hydroxyl groups is 1. The third-order valence-corrected chi connectivity index (χ3v) is 5.78. The molecule has 0 saturated carbocycles. The van der Waals surface area contributed by atoms with Crippen molar-refractivity contribution >= 4 is 5.97 Å². The maximum absolute atomic E-state index is 12.6. The van der Waals surface area contributed by atoms with Crippen LogP contribution in [-0.2, 0) is 14.9 Å². The van der Waals surface area contributed by atoms with E-state index in [2.05, 4.69) is 27.7 Å². The third-order valence-electron chi connectivity index (χ3n) is 5.78. The fourth-order valence-corrected chi connectivity index (χ4v) is 3.61. The second-order valence-electron chi connectivity index (χ2n) is 9.23. The number of unbranched alkanes of at least 4 members (excludes halogenated alkanes) is 7. The first-order valence-electron chi connectivity index (χ1n) is 11.1. The second kappa shape index (κ2) is 11.5. The van der Waals surface area contributed by atoms with Gasteiger partial charge in [-0.05, 0) is 54.9 Å². The first-order valence-corrected chi connectivity index (χ1v) is 11.1. The van der Waals surface area contributed by atoms with Crippen LogP contribution in [0, 0.1) is 13.8 Å². The van der Waals surface area contributed by atoms with E-state index < -0.39 is 0 Å². The van der Waals surface area contributed by atoms with Crippen molar-refractivity contribution in [3.05, 3.63) is 28.3 Å². The van der Waals surface area contributed by atoms with Crippen LogP contribution in [0.4, 0.5) is 0 Å². The molecule has 0 spiro atoms. The van der Waals surface area contributed by atoms with E-state index in [1.54, 1.807) is 0 Å². The summed E-state index contributed by atoms with van der Waals surface area (Å²) in [6.07, 6.45) is 9.85. The summed E-state index contributed by atoms with van der Waals surface area (Å²) in [7, 11) is 0. The first kappa shape index (κ1) is 24.5. The summed E-state index contributed by atoms with van der Waals surface area (Å²) < 4.78 is 5.55. The van der Waals surface area contributed by atoms with E-state index in [1.165, 1.54) is 38.5 Å². The van der Waals surface area contributed by atoms with E-state index in [-0.39, 0.29) is 17.3 Å². The number of phenols is 1. The molecule has 0 bridgehead atoms. The predicted molar refractivity (Wildman–Crippen MR) is 118 cm³/mol. The Morgan fingerprint density at radius 3 is 2.07 bits per heavy atom. The molecule has 1 aromatic rings. The van der Waals surface area contributed by atoms with Crippen LogP contribution in [0.15, 0.2) is 6.07 Å². The lowest BCUT2D eigenvalue weighted by Gasteiger charge is -2.25. The van der Waals surface area contributed by atoms with Gasteiger partial charge in [0.15, 0.2) is 0 Å². The lowest BCUT2D eigenvalue weighted by molar-refractivity contribution is -0.145. The summed E-state index contributed by atoms with van der Waals surface area (Å²) in [5.41, 5.74) is 3.49. The molecule has 0 aliphatic heterocycles. The van der Waals surface area contributed by atoms with E-state index in [9.17, 15) is 9.90 Å². The average Bonchev–Trinajstić information content (AvgIpc) is 2.63. The highest BCUT2D eigenvalue weighted by atomic mass is 16.5. The Morgan fingerprint density at radius 1 is 1.00 bits per heavy atom. The van der Waals surface area contributed by atoms with Gasteiger partial charge in [0, 0.05) is 0 Å². The molecule has 0 aromatic heterocycles. The molecule has 160 valence electrons. The molecule has 0 amide bonds. The number of hydrogen-bond acceptors (Lipinski definition) is 3. The highest BCUT2D eigenvalue weighted by Crippen LogP contribution is 2.38. The van der Waals surface area contributed by atoms with E-state index in [1.807, 2.05) is 26.8 Å². The van der Waals surface area contributed by atoms with E-state index >= 15 is 0 Å². The lowest BCUT2D eigenvalue weighted by Crippen LogP contribution is -2.18. The van der Waals surface area contributed by atoms with Gasteiger partial charge in [-0.1, -0.05) is 78.7 Å². The summed E-state index contributed by atoms with van der Waals surface area (Å²) in [6.45, 7) is 14.8. The largest absolute Gasteiger partial charge is 0.507 e. The van der Waals surface area contributed by atoms with Crippen LogP contribution in [0.25, 0.3) is 0 Å². The molecule has 3 heteroatoms. The molecule has 1 unspecified atom stereocenters. The Bertz CT molecular complexity index is 626.